The zero-order valence-electron chi connectivity index (χ0n) is 41.6. The van der Waals surface area contributed by atoms with Gasteiger partial charge in [-0.15, -0.1) is 23.5 Å². The van der Waals surface area contributed by atoms with Gasteiger partial charge in [0.05, 0.1) is 58.1 Å². The molecular weight excluding hydrogens is 1040 g/mol. The highest BCUT2D eigenvalue weighted by Gasteiger charge is 2.55. The van der Waals surface area contributed by atoms with Gasteiger partial charge in [0.25, 0.3) is 0 Å². The standard InChI is InChI=1S/C56H52O19S2/c1-32(57)68-40-29-66-55(47(70-34(3)59)43(40)69-33(2)58)77-42-31-67-56(48(74-52(63)38-25-15-7-16-26-38)45(42)72-50(61)36-21-11-5-12-22-36)76-41-30-65-54(75-53(64)39-27-17-8-18-28-39)46(73-51(62)37-23-13-6-14-24-37)44(41)71-49(60)35-19-9-4-10-20-35/h4-28,40-48,54-56H,29-31H2,1-3H3/t40-,41-,42-,43+,44+,45+,46-,47-,48-,54-,55+,56+/m1/s1. The van der Waals surface area contributed by atoms with E-state index >= 15 is 0 Å². The molecule has 3 saturated heterocycles. The first kappa shape index (κ1) is 55.7. The predicted molar refractivity (Wildman–Crippen MR) is 273 cm³/mol. The van der Waals surface area contributed by atoms with Gasteiger partial charge in [0.2, 0.25) is 12.4 Å². The van der Waals surface area contributed by atoms with Gasteiger partial charge in [-0.25, -0.2) is 24.0 Å². The van der Waals surface area contributed by atoms with Crippen molar-refractivity contribution in [3.05, 3.63) is 179 Å². The second-order valence-corrected chi connectivity index (χ2v) is 20.1. The van der Waals surface area contributed by atoms with Crippen LogP contribution in [0, 0.1) is 0 Å². The van der Waals surface area contributed by atoms with Crippen molar-refractivity contribution in [2.45, 2.75) is 91.2 Å². The highest BCUT2D eigenvalue weighted by Crippen LogP contribution is 2.43. The molecule has 3 aliphatic rings. The maximum atomic E-state index is 14.3. The second-order valence-electron chi connectivity index (χ2n) is 17.5. The fourth-order valence-electron chi connectivity index (χ4n) is 8.46. The normalized spacial score (nSPS) is 25.8. The third-order valence-electron chi connectivity index (χ3n) is 11.9. The summed E-state index contributed by atoms with van der Waals surface area (Å²) in [5, 5.41) is -2.15. The Bertz CT molecular complexity index is 2840. The van der Waals surface area contributed by atoms with Crippen molar-refractivity contribution in [3.63, 3.8) is 0 Å². The number of benzene rings is 5. The monoisotopic (exact) mass is 1090 g/mol. The van der Waals surface area contributed by atoms with Crippen LogP contribution in [0.25, 0.3) is 0 Å². The molecule has 21 heteroatoms. The summed E-state index contributed by atoms with van der Waals surface area (Å²) in [6.07, 6.45) is -11.8. The third kappa shape index (κ3) is 14.7. The minimum Gasteiger partial charge on any atom is -0.456 e. The van der Waals surface area contributed by atoms with E-state index in [1.165, 1.54) is 60.7 Å². The van der Waals surface area contributed by atoms with E-state index in [9.17, 15) is 38.4 Å². The molecule has 0 aliphatic carbocycles. The Morgan fingerprint density at radius 3 is 1.03 bits per heavy atom. The van der Waals surface area contributed by atoms with E-state index in [1.807, 2.05) is 0 Å². The SMILES string of the molecule is CC(=O)O[C@@H]1[C@@H](OC(C)=O)[C@H](S[C@@H]2CO[C@@H](S[C@@H]3CO[C@H](OC(=O)c4ccccc4)[C@H](OC(=O)c4ccccc4)[C@H]3OC(=O)c3ccccc3)[C@H](OC(=O)c3ccccc3)[C@H]2OC(=O)c2ccccc2)OC[C@H]1OC(C)=O. The Labute approximate surface area is 450 Å². The van der Waals surface area contributed by atoms with Gasteiger partial charge in [0.15, 0.2) is 36.6 Å². The molecule has 0 N–H and O–H groups in total. The molecule has 0 radical (unpaired) electrons. The van der Waals surface area contributed by atoms with Crippen LogP contribution >= 0.6 is 23.5 Å². The molecule has 3 fully saturated rings. The fourth-order valence-corrected chi connectivity index (χ4v) is 11.2. The molecule has 0 bridgehead atoms. The summed E-state index contributed by atoms with van der Waals surface area (Å²) in [5.74, 6) is -6.59. The van der Waals surface area contributed by atoms with E-state index in [-0.39, 0.29) is 47.6 Å². The average Bonchev–Trinajstić information content (AvgIpc) is 3.46. The van der Waals surface area contributed by atoms with Crippen molar-refractivity contribution in [2.24, 2.45) is 0 Å². The van der Waals surface area contributed by atoms with Gasteiger partial charge in [-0.3, -0.25) is 14.4 Å². The third-order valence-corrected chi connectivity index (χ3v) is 14.8. The molecule has 0 amide bonds. The Kier molecular flexibility index (Phi) is 19.1. The van der Waals surface area contributed by atoms with Gasteiger partial charge in [0, 0.05) is 20.8 Å². The average molecular weight is 1090 g/mol. The molecule has 77 heavy (non-hydrogen) atoms. The highest BCUT2D eigenvalue weighted by atomic mass is 32.2. The van der Waals surface area contributed by atoms with Gasteiger partial charge < -0.3 is 52.1 Å². The predicted octanol–water partition coefficient (Wildman–Crippen LogP) is 6.81. The Balaban J connectivity index is 1.19. The van der Waals surface area contributed by atoms with Gasteiger partial charge in [-0.2, -0.15) is 0 Å². The van der Waals surface area contributed by atoms with Crippen LogP contribution in [0.3, 0.4) is 0 Å². The zero-order valence-corrected chi connectivity index (χ0v) is 43.2. The zero-order chi connectivity index (χ0) is 54.4. The lowest BCUT2D eigenvalue weighted by molar-refractivity contribution is -0.218. The maximum Gasteiger partial charge on any atom is 0.340 e. The Morgan fingerprint density at radius 2 is 0.636 bits per heavy atom. The Morgan fingerprint density at radius 1 is 0.338 bits per heavy atom. The molecule has 8 rings (SSSR count). The van der Waals surface area contributed by atoms with Crippen LogP contribution in [0.2, 0.25) is 0 Å². The topological polar surface area (TPSA) is 238 Å². The number of hydrogen-bond donors (Lipinski definition) is 0. The quantitative estimate of drug-likeness (QED) is 0.0686. The van der Waals surface area contributed by atoms with Crippen molar-refractivity contribution < 1.29 is 90.5 Å². The summed E-state index contributed by atoms with van der Waals surface area (Å²) in [4.78, 5) is 108. The molecule has 3 aliphatic heterocycles. The molecule has 12 atom stereocenters. The van der Waals surface area contributed by atoms with Crippen LogP contribution < -0.4 is 0 Å². The molecule has 3 heterocycles. The molecule has 0 saturated carbocycles. The largest absolute Gasteiger partial charge is 0.456 e. The molecule has 0 unspecified atom stereocenters. The number of carbonyl (C=O) groups is 8. The molecule has 19 nitrogen and oxygen atoms in total. The molecule has 5 aromatic rings. The van der Waals surface area contributed by atoms with Crippen LogP contribution in [-0.2, 0) is 66.5 Å². The van der Waals surface area contributed by atoms with E-state index < -0.39 is 118 Å². The van der Waals surface area contributed by atoms with Crippen molar-refractivity contribution in [3.8, 4) is 0 Å². The number of ether oxygens (including phenoxy) is 11. The Hall–Kier alpha value is -7.56. The minimum atomic E-state index is -1.66. The maximum absolute atomic E-state index is 14.3. The van der Waals surface area contributed by atoms with E-state index in [2.05, 4.69) is 0 Å². The van der Waals surface area contributed by atoms with Crippen molar-refractivity contribution in [2.75, 3.05) is 19.8 Å². The lowest BCUT2D eigenvalue weighted by Gasteiger charge is -2.46. The first-order valence-electron chi connectivity index (χ1n) is 24.2. The lowest BCUT2D eigenvalue weighted by atomic mass is 10.1. The van der Waals surface area contributed by atoms with Crippen LogP contribution in [0.4, 0.5) is 0 Å². The smallest absolute Gasteiger partial charge is 0.340 e. The van der Waals surface area contributed by atoms with E-state index in [4.69, 9.17) is 52.1 Å². The summed E-state index contributed by atoms with van der Waals surface area (Å²) in [6, 6.07) is 39.8. The number of thioether (sulfide) groups is 2. The van der Waals surface area contributed by atoms with Gasteiger partial charge in [0.1, 0.15) is 10.9 Å². The van der Waals surface area contributed by atoms with E-state index in [1.54, 1.807) is 91.0 Å². The van der Waals surface area contributed by atoms with Crippen LogP contribution in [0.15, 0.2) is 152 Å². The number of carbonyl (C=O) groups excluding carboxylic acids is 8. The first-order chi connectivity index (χ1) is 37.2. The number of rotatable bonds is 17. The number of hydrogen-bond acceptors (Lipinski definition) is 21. The molecule has 402 valence electrons. The highest BCUT2D eigenvalue weighted by molar-refractivity contribution is 8.01. The summed E-state index contributed by atoms with van der Waals surface area (Å²) in [5.41, 5.74) is -1.94. The lowest BCUT2D eigenvalue weighted by Crippen LogP contribution is -2.60. The van der Waals surface area contributed by atoms with Crippen molar-refractivity contribution in [1.29, 1.82) is 0 Å². The van der Waals surface area contributed by atoms with Crippen LogP contribution in [0.1, 0.15) is 72.6 Å². The first-order valence-corrected chi connectivity index (χ1v) is 26.1. The minimum absolute atomic E-state index is 0.108. The van der Waals surface area contributed by atoms with Crippen LogP contribution in [-0.4, -0.2) is 138 Å². The van der Waals surface area contributed by atoms with Gasteiger partial charge in [-0.05, 0) is 60.7 Å². The number of esters is 8. The summed E-state index contributed by atoms with van der Waals surface area (Å²) in [7, 11) is 0. The summed E-state index contributed by atoms with van der Waals surface area (Å²) >= 11 is 1.88. The van der Waals surface area contributed by atoms with Crippen molar-refractivity contribution >= 4 is 71.3 Å². The summed E-state index contributed by atoms with van der Waals surface area (Å²) in [6.45, 7) is 2.40. The second kappa shape index (κ2) is 26.5. The molecule has 5 aromatic carbocycles. The molecule has 0 spiro atoms. The fraction of sp³-hybridized carbons (Fsp3) is 0.321. The van der Waals surface area contributed by atoms with E-state index in [0.717, 1.165) is 44.3 Å². The molecular formula is C56H52O19S2. The van der Waals surface area contributed by atoms with Crippen LogP contribution in [0.5, 0.6) is 0 Å². The van der Waals surface area contributed by atoms with Gasteiger partial charge >= 0.3 is 47.8 Å². The van der Waals surface area contributed by atoms with Gasteiger partial charge in [-0.1, -0.05) is 91.0 Å². The van der Waals surface area contributed by atoms with E-state index in [0.29, 0.717) is 0 Å². The molecule has 0 aromatic heterocycles. The van der Waals surface area contributed by atoms with Crippen molar-refractivity contribution in [1.82, 2.24) is 0 Å². The summed E-state index contributed by atoms with van der Waals surface area (Å²) < 4.78 is 66.8.